The number of hydrogen-bond acceptors (Lipinski definition) is 4. The fourth-order valence-electron chi connectivity index (χ4n) is 5.13. The molecule has 2 saturated heterocycles. The quantitative estimate of drug-likeness (QED) is 0.433. The highest BCUT2D eigenvalue weighted by Gasteiger charge is 2.22. The Labute approximate surface area is 202 Å². The van der Waals surface area contributed by atoms with Gasteiger partial charge in [-0.3, -0.25) is 9.80 Å². The first kappa shape index (κ1) is 25.7. The lowest BCUT2D eigenvalue weighted by molar-refractivity contribution is 0.119. The molecule has 0 amide bonds. The Morgan fingerprint density at radius 2 is 1.52 bits per heavy atom. The lowest BCUT2D eigenvalue weighted by atomic mass is 10.0. The van der Waals surface area contributed by atoms with Crippen LogP contribution in [0.25, 0.3) is 0 Å². The third kappa shape index (κ3) is 8.44. The van der Waals surface area contributed by atoms with Gasteiger partial charge in [-0.2, -0.15) is 0 Å². The van der Waals surface area contributed by atoms with E-state index in [1.807, 2.05) is 0 Å². The van der Waals surface area contributed by atoms with Crippen molar-refractivity contribution in [3.8, 4) is 5.75 Å². The van der Waals surface area contributed by atoms with E-state index in [0.717, 1.165) is 31.9 Å². The maximum atomic E-state index is 5.99. The Bertz CT molecular complexity index is 765. The van der Waals surface area contributed by atoms with Gasteiger partial charge in [0.25, 0.3) is 0 Å². The van der Waals surface area contributed by atoms with Crippen LogP contribution in [-0.4, -0.2) is 67.1 Å². The number of likely N-dealkylation sites (tertiary alicyclic amines) is 2. The van der Waals surface area contributed by atoms with E-state index in [9.17, 15) is 0 Å². The van der Waals surface area contributed by atoms with Gasteiger partial charge in [0.05, 0.1) is 6.61 Å². The highest BCUT2D eigenvalue weighted by atomic mass is 16.5. The van der Waals surface area contributed by atoms with Gasteiger partial charge in [0.1, 0.15) is 5.75 Å². The Kier molecular flexibility index (Phi) is 10.7. The van der Waals surface area contributed by atoms with Gasteiger partial charge in [0.2, 0.25) is 0 Å². The van der Waals surface area contributed by atoms with E-state index in [0.29, 0.717) is 6.04 Å². The van der Waals surface area contributed by atoms with Crippen LogP contribution in [0.4, 0.5) is 0 Å². The number of ether oxygens (including phenoxy) is 1. The van der Waals surface area contributed by atoms with Crippen LogP contribution in [0.5, 0.6) is 5.75 Å². The molecule has 0 unspecified atom stereocenters. The zero-order chi connectivity index (χ0) is 22.0. The van der Waals surface area contributed by atoms with Crippen LogP contribution in [0.1, 0.15) is 57.1 Å². The van der Waals surface area contributed by atoms with Crippen molar-refractivity contribution in [2.45, 2.75) is 65.1 Å². The summed E-state index contributed by atoms with van der Waals surface area (Å²) in [7, 11) is 2.28. The Hall–Kier alpha value is -1.88. The van der Waals surface area contributed by atoms with Crippen molar-refractivity contribution in [1.82, 2.24) is 14.7 Å². The second kappa shape index (κ2) is 13.7. The van der Waals surface area contributed by atoms with Gasteiger partial charge in [-0.25, -0.2) is 0 Å². The first-order valence-electron chi connectivity index (χ1n) is 12.7. The van der Waals surface area contributed by atoms with Crippen molar-refractivity contribution in [2.75, 3.05) is 46.4 Å². The molecule has 2 heterocycles. The molecule has 0 bridgehead atoms. The van der Waals surface area contributed by atoms with E-state index in [-0.39, 0.29) is 7.43 Å². The van der Waals surface area contributed by atoms with Crippen LogP contribution in [-0.2, 0) is 13.1 Å². The van der Waals surface area contributed by atoms with Crippen LogP contribution < -0.4 is 4.74 Å². The van der Waals surface area contributed by atoms with Gasteiger partial charge in [-0.05, 0) is 88.6 Å². The molecule has 2 aliphatic heterocycles. The molecule has 4 nitrogen and oxygen atoms in total. The molecule has 0 aromatic heterocycles. The number of rotatable bonds is 10. The minimum atomic E-state index is 0. The zero-order valence-corrected chi connectivity index (χ0v) is 19.9. The van der Waals surface area contributed by atoms with E-state index in [1.54, 1.807) is 0 Å². The molecule has 2 fully saturated rings. The van der Waals surface area contributed by atoms with Gasteiger partial charge in [0.15, 0.2) is 0 Å². The predicted octanol–water partition coefficient (Wildman–Crippen LogP) is 5.67. The van der Waals surface area contributed by atoms with Crippen LogP contribution in [0, 0.1) is 0 Å². The summed E-state index contributed by atoms with van der Waals surface area (Å²) in [5, 5.41) is 0. The summed E-state index contributed by atoms with van der Waals surface area (Å²) < 4.78 is 5.99. The largest absolute Gasteiger partial charge is 0.494 e. The number of piperidine rings is 2. The molecule has 0 spiro atoms. The molecular formula is C29H45N3O. The fraction of sp³-hybridized carbons (Fsp3) is 0.586. The van der Waals surface area contributed by atoms with Crippen LogP contribution in [0.15, 0.2) is 54.6 Å². The molecular weight excluding hydrogens is 406 g/mol. The minimum absolute atomic E-state index is 0. The Balaban J connectivity index is 0.00000306. The van der Waals surface area contributed by atoms with Crippen molar-refractivity contribution < 1.29 is 4.74 Å². The number of nitrogens with zero attached hydrogens (tertiary/aromatic N) is 3. The van der Waals surface area contributed by atoms with Crippen molar-refractivity contribution in [3.05, 3.63) is 65.7 Å². The zero-order valence-electron chi connectivity index (χ0n) is 19.9. The average molecular weight is 452 g/mol. The first-order valence-corrected chi connectivity index (χ1v) is 12.7. The van der Waals surface area contributed by atoms with Gasteiger partial charge < -0.3 is 9.64 Å². The molecule has 0 saturated carbocycles. The van der Waals surface area contributed by atoms with E-state index >= 15 is 0 Å². The first-order chi connectivity index (χ1) is 15.8. The van der Waals surface area contributed by atoms with Gasteiger partial charge in [-0.1, -0.05) is 56.3 Å². The summed E-state index contributed by atoms with van der Waals surface area (Å²) in [6.07, 6.45) is 7.76. The number of hydrogen-bond donors (Lipinski definition) is 0. The SMILES string of the molecule is C.CN(Cc1ccccc1)C1CCN(Cc2ccc(OCCCN3CCCCC3)cc2)CC1. The van der Waals surface area contributed by atoms with E-state index in [4.69, 9.17) is 4.74 Å². The van der Waals surface area contributed by atoms with Gasteiger partial charge in [-0.15, -0.1) is 0 Å². The average Bonchev–Trinajstić information content (AvgIpc) is 2.84. The van der Waals surface area contributed by atoms with Crippen molar-refractivity contribution >= 4 is 0 Å². The molecule has 0 atom stereocenters. The molecule has 4 rings (SSSR count). The summed E-state index contributed by atoms with van der Waals surface area (Å²) in [5.41, 5.74) is 2.80. The molecule has 2 aliphatic rings. The predicted molar refractivity (Wildman–Crippen MR) is 140 cm³/mol. The normalized spacial score (nSPS) is 18.2. The maximum absolute atomic E-state index is 5.99. The van der Waals surface area contributed by atoms with E-state index in [2.05, 4.69) is 76.3 Å². The van der Waals surface area contributed by atoms with Crippen LogP contribution >= 0.6 is 0 Å². The van der Waals surface area contributed by atoms with Crippen molar-refractivity contribution in [3.63, 3.8) is 0 Å². The maximum Gasteiger partial charge on any atom is 0.119 e. The van der Waals surface area contributed by atoms with E-state index in [1.165, 1.54) is 76.0 Å². The molecule has 0 N–H and O–H groups in total. The standard InChI is InChI=1S/C28H41N3O.CH4/c1-29(23-25-9-4-2-5-10-25)27-15-20-31(21-16-27)24-26-11-13-28(14-12-26)32-22-8-19-30-17-6-3-7-18-30;/h2,4-5,9-14,27H,3,6-8,15-24H2,1H3;1H4. The highest BCUT2D eigenvalue weighted by Crippen LogP contribution is 2.20. The lowest BCUT2D eigenvalue weighted by Gasteiger charge is -2.36. The van der Waals surface area contributed by atoms with Gasteiger partial charge >= 0.3 is 0 Å². The second-order valence-corrected chi connectivity index (χ2v) is 9.66. The fourth-order valence-corrected chi connectivity index (χ4v) is 5.13. The molecule has 2 aromatic carbocycles. The van der Waals surface area contributed by atoms with Crippen molar-refractivity contribution in [2.24, 2.45) is 0 Å². The second-order valence-electron chi connectivity index (χ2n) is 9.66. The summed E-state index contributed by atoms with van der Waals surface area (Å²) in [6, 6.07) is 20.3. The third-order valence-electron chi connectivity index (χ3n) is 7.12. The van der Waals surface area contributed by atoms with E-state index < -0.39 is 0 Å². The highest BCUT2D eigenvalue weighted by molar-refractivity contribution is 5.27. The third-order valence-corrected chi connectivity index (χ3v) is 7.12. The number of benzene rings is 2. The molecule has 182 valence electrons. The molecule has 2 aromatic rings. The smallest absolute Gasteiger partial charge is 0.119 e. The Morgan fingerprint density at radius 3 is 2.21 bits per heavy atom. The molecule has 33 heavy (non-hydrogen) atoms. The van der Waals surface area contributed by atoms with Crippen molar-refractivity contribution in [1.29, 1.82) is 0 Å². The topological polar surface area (TPSA) is 19.0 Å². The summed E-state index contributed by atoms with van der Waals surface area (Å²) in [5.74, 6) is 1.01. The summed E-state index contributed by atoms with van der Waals surface area (Å²) in [4.78, 5) is 7.71. The monoisotopic (exact) mass is 451 g/mol. The lowest BCUT2D eigenvalue weighted by Crippen LogP contribution is -2.42. The molecule has 4 heteroatoms. The van der Waals surface area contributed by atoms with Crippen LogP contribution in [0.2, 0.25) is 0 Å². The summed E-state index contributed by atoms with van der Waals surface area (Å²) >= 11 is 0. The summed E-state index contributed by atoms with van der Waals surface area (Å²) in [6.45, 7) is 8.99. The van der Waals surface area contributed by atoms with Gasteiger partial charge in [0, 0.05) is 25.7 Å². The Morgan fingerprint density at radius 1 is 0.818 bits per heavy atom. The van der Waals surface area contributed by atoms with Crippen LogP contribution in [0.3, 0.4) is 0 Å². The molecule has 0 radical (unpaired) electrons. The molecule has 0 aliphatic carbocycles. The minimum Gasteiger partial charge on any atom is -0.494 e.